The highest BCUT2D eigenvalue weighted by Crippen LogP contribution is 2.15. The predicted octanol–water partition coefficient (Wildman–Crippen LogP) is 1.81. The summed E-state index contributed by atoms with van der Waals surface area (Å²) in [5.74, 6) is -0.985. The van der Waals surface area contributed by atoms with Gasteiger partial charge in [-0.2, -0.15) is 0 Å². The standard InChI is InChI=1S/C16H24N2O4/c1-12(2)15(18-11-7-5-8-13(18)19)16(22)17-10-6-3-4-9-14(20)21/h5,7-8,11-12,15H,3-4,6,9-10H2,1-2H3,(H,17,22)(H,20,21). The minimum atomic E-state index is -0.799. The minimum absolute atomic E-state index is 0.00731. The molecule has 0 aliphatic rings. The number of pyridine rings is 1. The molecule has 0 saturated heterocycles. The van der Waals surface area contributed by atoms with Crippen LogP contribution < -0.4 is 10.9 Å². The lowest BCUT2D eigenvalue weighted by Crippen LogP contribution is -2.39. The zero-order valence-corrected chi connectivity index (χ0v) is 13.1. The lowest BCUT2D eigenvalue weighted by atomic mass is 10.0. The molecule has 1 amide bonds. The third-order valence-corrected chi connectivity index (χ3v) is 3.42. The van der Waals surface area contributed by atoms with Gasteiger partial charge in [-0.15, -0.1) is 0 Å². The van der Waals surface area contributed by atoms with Gasteiger partial charge in [-0.3, -0.25) is 14.4 Å². The molecule has 0 aromatic carbocycles. The monoisotopic (exact) mass is 308 g/mol. The molecule has 122 valence electrons. The van der Waals surface area contributed by atoms with Crippen LogP contribution in [0.4, 0.5) is 0 Å². The molecule has 1 rings (SSSR count). The average Bonchev–Trinajstić information content (AvgIpc) is 2.44. The highest BCUT2D eigenvalue weighted by Gasteiger charge is 2.24. The van der Waals surface area contributed by atoms with E-state index in [1.165, 1.54) is 10.6 Å². The summed E-state index contributed by atoms with van der Waals surface area (Å²) in [4.78, 5) is 34.6. The van der Waals surface area contributed by atoms with E-state index >= 15 is 0 Å². The largest absolute Gasteiger partial charge is 0.481 e. The van der Waals surface area contributed by atoms with Crippen molar-refractivity contribution in [2.45, 2.75) is 45.6 Å². The van der Waals surface area contributed by atoms with Crippen LogP contribution in [0.2, 0.25) is 0 Å². The molecule has 0 fully saturated rings. The van der Waals surface area contributed by atoms with Crippen LogP contribution in [-0.2, 0) is 9.59 Å². The minimum Gasteiger partial charge on any atom is -0.481 e. The van der Waals surface area contributed by atoms with Crippen LogP contribution in [0.5, 0.6) is 0 Å². The smallest absolute Gasteiger partial charge is 0.303 e. The van der Waals surface area contributed by atoms with Crippen molar-refractivity contribution in [2.75, 3.05) is 6.54 Å². The van der Waals surface area contributed by atoms with E-state index < -0.39 is 12.0 Å². The number of carboxylic acids is 1. The predicted molar refractivity (Wildman–Crippen MR) is 83.7 cm³/mol. The van der Waals surface area contributed by atoms with Gasteiger partial charge in [0.2, 0.25) is 5.91 Å². The average molecular weight is 308 g/mol. The van der Waals surface area contributed by atoms with Crippen molar-refractivity contribution < 1.29 is 14.7 Å². The molecule has 1 unspecified atom stereocenters. The third kappa shape index (κ3) is 5.71. The summed E-state index contributed by atoms with van der Waals surface area (Å²) in [6.07, 6.45) is 3.87. The molecule has 0 saturated carbocycles. The number of carbonyl (C=O) groups is 2. The lowest BCUT2D eigenvalue weighted by molar-refractivity contribution is -0.137. The van der Waals surface area contributed by atoms with Gasteiger partial charge in [-0.25, -0.2) is 0 Å². The first-order valence-corrected chi connectivity index (χ1v) is 7.60. The Balaban J connectivity index is 2.52. The van der Waals surface area contributed by atoms with Crippen molar-refractivity contribution in [3.63, 3.8) is 0 Å². The molecule has 1 atom stereocenters. The van der Waals surface area contributed by atoms with Gasteiger partial charge in [0.25, 0.3) is 5.56 Å². The Hall–Kier alpha value is -2.11. The van der Waals surface area contributed by atoms with E-state index in [0.717, 1.165) is 12.8 Å². The highest BCUT2D eigenvalue weighted by atomic mass is 16.4. The molecule has 0 radical (unpaired) electrons. The summed E-state index contributed by atoms with van der Waals surface area (Å²) < 4.78 is 1.45. The maximum Gasteiger partial charge on any atom is 0.303 e. The van der Waals surface area contributed by atoms with Gasteiger partial charge in [0.05, 0.1) is 0 Å². The van der Waals surface area contributed by atoms with E-state index in [2.05, 4.69) is 5.32 Å². The quantitative estimate of drug-likeness (QED) is 0.681. The fourth-order valence-corrected chi connectivity index (χ4v) is 2.31. The lowest BCUT2D eigenvalue weighted by Gasteiger charge is -2.22. The summed E-state index contributed by atoms with van der Waals surface area (Å²) in [5.41, 5.74) is -0.196. The van der Waals surface area contributed by atoms with Gasteiger partial charge in [0.1, 0.15) is 6.04 Å². The zero-order chi connectivity index (χ0) is 16.5. The van der Waals surface area contributed by atoms with Crippen molar-refractivity contribution in [1.82, 2.24) is 9.88 Å². The summed E-state index contributed by atoms with van der Waals surface area (Å²) in [5, 5.41) is 11.4. The molecular formula is C16H24N2O4. The molecule has 0 aliphatic carbocycles. The molecule has 1 aromatic rings. The first-order chi connectivity index (χ1) is 10.4. The Morgan fingerprint density at radius 1 is 1.23 bits per heavy atom. The fourth-order valence-electron chi connectivity index (χ4n) is 2.31. The first-order valence-electron chi connectivity index (χ1n) is 7.60. The highest BCUT2D eigenvalue weighted by molar-refractivity contribution is 5.80. The second-order valence-corrected chi connectivity index (χ2v) is 5.63. The molecular weight excluding hydrogens is 284 g/mol. The van der Waals surface area contributed by atoms with E-state index in [1.807, 2.05) is 13.8 Å². The van der Waals surface area contributed by atoms with Crippen LogP contribution in [0.3, 0.4) is 0 Å². The van der Waals surface area contributed by atoms with Crippen LogP contribution in [0.25, 0.3) is 0 Å². The molecule has 0 spiro atoms. The summed E-state index contributed by atoms with van der Waals surface area (Å²) in [6, 6.07) is 4.29. The van der Waals surface area contributed by atoms with Crippen molar-refractivity contribution in [3.05, 3.63) is 34.7 Å². The van der Waals surface area contributed by atoms with Crippen LogP contribution in [0.1, 0.15) is 45.6 Å². The SMILES string of the molecule is CC(C)C(C(=O)NCCCCCC(=O)O)n1ccccc1=O. The van der Waals surface area contributed by atoms with Crippen molar-refractivity contribution in [3.8, 4) is 0 Å². The van der Waals surface area contributed by atoms with Crippen LogP contribution in [-0.4, -0.2) is 28.1 Å². The number of hydrogen-bond donors (Lipinski definition) is 2. The molecule has 6 nitrogen and oxygen atoms in total. The van der Waals surface area contributed by atoms with E-state index in [9.17, 15) is 14.4 Å². The number of unbranched alkanes of at least 4 members (excludes halogenated alkanes) is 2. The van der Waals surface area contributed by atoms with Gasteiger partial charge in [-0.1, -0.05) is 26.3 Å². The number of nitrogens with one attached hydrogen (secondary N) is 1. The topological polar surface area (TPSA) is 88.4 Å². The summed E-state index contributed by atoms with van der Waals surface area (Å²) in [6.45, 7) is 4.29. The molecule has 2 N–H and O–H groups in total. The second kappa shape index (κ2) is 9.02. The number of rotatable bonds is 9. The number of aliphatic carboxylic acids is 1. The molecule has 0 bridgehead atoms. The second-order valence-electron chi connectivity index (χ2n) is 5.63. The van der Waals surface area contributed by atoms with E-state index in [4.69, 9.17) is 5.11 Å². The van der Waals surface area contributed by atoms with Crippen LogP contribution in [0, 0.1) is 5.92 Å². The van der Waals surface area contributed by atoms with Crippen LogP contribution in [0.15, 0.2) is 29.2 Å². The Labute approximate surface area is 130 Å². The fraction of sp³-hybridized carbons (Fsp3) is 0.562. The number of aromatic nitrogens is 1. The van der Waals surface area contributed by atoms with Gasteiger partial charge >= 0.3 is 5.97 Å². The maximum atomic E-state index is 12.3. The Morgan fingerprint density at radius 2 is 1.95 bits per heavy atom. The number of hydrogen-bond acceptors (Lipinski definition) is 3. The van der Waals surface area contributed by atoms with Gasteiger partial charge in [-0.05, 0) is 24.8 Å². The normalized spacial score (nSPS) is 12.1. The maximum absolute atomic E-state index is 12.3. The number of amides is 1. The van der Waals surface area contributed by atoms with Gasteiger partial charge in [0.15, 0.2) is 0 Å². The van der Waals surface area contributed by atoms with Crippen LogP contribution >= 0.6 is 0 Å². The molecule has 1 heterocycles. The molecule has 0 aliphatic heterocycles. The molecule has 1 aromatic heterocycles. The first kappa shape index (κ1) is 17.9. The van der Waals surface area contributed by atoms with Gasteiger partial charge in [0, 0.05) is 25.2 Å². The summed E-state index contributed by atoms with van der Waals surface area (Å²) in [7, 11) is 0. The van der Waals surface area contributed by atoms with E-state index in [0.29, 0.717) is 13.0 Å². The van der Waals surface area contributed by atoms with E-state index in [-0.39, 0.29) is 23.8 Å². The third-order valence-electron chi connectivity index (χ3n) is 3.42. The number of carbonyl (C=O) groups excluding carboxylic acids is 1. The Bertz CT molecular complexity index is 551. The van der Waals surface area contributed by atoms with E-state index in [1.54, 1.807) is 18.3 Å². The number of carboxylic acid groups (broad SMARTS) is 1. The zero-order valence-electron chi connectivity index (χ0n) is 13.1. The van der Waals surface area contributed by atoms with Crippen molar-refractivity contribution >= 4 is 11.9 Å². The Morgan fingerprint density at radius 3 is 2.55 bits per heavy atom. The number of nitrogens with zero attached hydrogens (tertiary/aromatic N) is 1. The summed E-state index contributed by atoms with van der Waals surface area (Å²) >= 11 is 0. The van der Waals surface area contributed by atoms with Crippen molar-refractivity contribution in [1.29, 1.82) is 0 Å². The molecule has 6 heteroatoms. The van der Waals surface area contributed by atoms with Gasteiger partial charge < -0.3 is 15.0 Å². The van der Waals surface area contributed by atoms with Crippen molar-refractivity contribution in [2.24, 2.45) is 5.92 Å². The Kier molecular flexibility index (Phi) is 7.36. The molecule has 22 heavy (non-hydrogen) atoms.